The van der Waals surface area contributed by atoms with Gasteiger partial charge >= 0.3 is 0 Å². The Morgan fingerprint density at radius 3 is 3.04 bits per heavy atom. The first-order valence-corrected chi connectivity index (χ1v) is 9.46. The SMILES string of the molecule is COc1ccc2n[nH]c(CN3CCCC[C@H]3CCc3nccn3C)c2c1. The topological polar surface area (TPSA) is 59.0 Å². The number of methoxy groups -OCH3 is 1. The van der Waals surface area contributed by atoms with E-state index < -0.39 is 0 Å². The first-order chi connectivity index (χ1) is 12.7. The van der Waals surface area contributed by atoms with Crippen LogP contribution in [-0.4, -0.2) is 44.3 Å². The molecule has 1 saturated heterocycles. The van der Waals surface area contributed by atoms with Crippen LogP contribution >= 0.6 is 0 Å². The fraction of sp³-hybridized carbons (Fsp3) is 0.500. The zero-order valence-corrected chi connectivity index (χ0v) is 15.6. The van der Waals surface area contributed by atoms with Crippen LogP contribution in [0.5, 0.6) is 5.75 Å². The lowest BCUT2D eigenvalue weighted by atomic mass is 9.97. The van der Waals surface area contributed by atoms with Crippen LogP contribution in [0.15, 0.2) is 30.6 Å². The van der Waals surface area contributed by atoms with Crippen LogP contribution in [0.25, 0.3) is 10.9 Å². The van der Waals surface area contributed by atoms with Crippen molar-refractivity contribution in [2.24, 2.45) is 7.05 Å². The lowest BCUT2D eigenvalue weighted by molar-refractivity contribution is 0.130. The molecular formula is C20H27N5O. The van der Waals surface area contributed by atoms with Crippen molar-refractivity contribution >= 4 is 10.9 Å². The van der Waals surface area contributed by atoms with Gasteiger partial charge in [0.05, 0.1) is 18.3 Å². The second-order valence-electron chi connectivity index (χ2n) is 7.20. The van der Waals surface area contributed by atoms with E-state index in [2.05, 4.69) is 37.8 Å². The highest BCUT2D eigenvalue weighted by Crippen LogP contribution is 2.27. The van der Waals surface area contributed by atoms with E-state index in [1.807, 2.05) is 24.5 Å². The molecule has 0 amide bonds. The van der Waals surface area contributed by atoms with Crippen LogP contribution in [0, 0.1) is 0 Å². The number of piperidine rings is 1. The van der Waals surface area contributed by atoms with Gasteiger partial charge in [0.25, 0.3) is 0 Å². The van der Waals surface area contributed by atoms with Crippen molar-refractivity contribution < 1.29 is 4.74 Å². The van der Waals surface area contributed by atoms with Crippen molar-refractivity contribution in [1.82, 2.24) is 24.6 Å². The molecule has 0 unspecified atom stereocenters. The molecule has 1 aliphatic rings. The minimum atomic E-state index is 0.601. The molecule has 26 heavy (non-hydrogen) atoms. The highest BCUT2D eigenvalue weighted by atomic mass is 16.5. The molecule has 0 aliphatic carbocycles. The number of fused-ring (bicyclic) bond motifs is 1. The average molecular weight is 353 g/mol. The number of ether oxygens (including phenoxy) is 1. The molecule has 0 bridgehead atoms. The van der Waals surface area contributed by atoms with E-state index in [-0.39, 0.29) is 0 Å². The zero-order valence-electron chi connectivity index (χ0n) is 15.6. The molecule has 0 radical (unpaired) electrons. The number of H-pyrrole nitrogens is 1. The largest absolute Gasteiger partial charge is 0.497 e. The Morgan fingerprint density at radius 2 is 2.23 bits per heavy atom. The van der Waals surface area contributed by atoms with Gasteiger partial charge in [-0.1, -0.05) is 6.42 Å². The smallest absolute Gasteiger partial charge is 0.119 e. The second-order valence-corrected chi connectivity index (χ2v) is 7.20. The third-order valence-electron chi connectivity index (χ3n) is 5.57. The number of rotatable bonds is 6. The summed E-state index contributed by atoms with van der Waals surface area (Å²) in [4.78, 5) is 7.09. The Kier molecular flexibility index (Phi) is 4.93. The Labute approximate surface area is 154 Å². The Morgan fingerprint density at radius 1 is 1.31 bits per heavy atom. The first kappa shape index (κ1) is 17.1. The molecule has 3 aromatic rings. The number of aryl methyl sites for hydroxylation is 2. The van der Waals surface area contributed by atoms with Crippen LogP contribution < -0.4 is 4.74 Å². The van der Waals surface area contributed by atoms with Gasteiger partial charge in [0.15, 0.2) is 0 Å². The highest BCUT2D eigenvalue weighted by Gasteiger charge is 2.24. The van der Waals surface area contributed by atoms with Crippen molar-refractivity contribution in [1.29, 1.82) is 0 Å². The molecule has 1 aliphatic heterocycles. The summed E-state index contributed by atoms with van der Waals surface area (Å²) < 4.78 is 7.51. The quantitative estimate of drug-likeness (QED) is 0.739. The van der Waals surface area contributed by atoms with E-state index in [0.29, 0.717) is 6.04 Å². The van der Waals surface area contributed by atoms with Gasteiger partial charge in [0.1, 0.15) is 11.6 Å². The van der Waals surface area contributed by atoms with Gasteiger partial charge in [-0.3, -0.25) is 10.00 Å². The van der Waals surface area contributed by atoms with Gasteiger partial charge in [0.2, 0.25) is 0 Å². The maximum Gasteiger partial charge on any atom is 0.119 e. The molecule has 1 aromatic carbocycles. The first-order valence-electron chi connectivity index (χ1n) is 9.46. The normalized spacial score (nSPS) is 18.5. The molecule has 6 nitrogen and oxygen atoms in total. The van der Waals surface area contributed by atoms with E-state index in [0.717, 1.165) is 42.6 Å². The fourth-order valence-corrected chi connectivity index (χ4v) is 4.02. The van der Waals surface area contributed by atoms with Gasteiger partial charge < -0.3 is 9.30 Å². The van der Waals surface area contributed by atoms with Crippen LogP contribution in [0.2, 0.25) is 0 Å². The van der Waals surface area contributed by atoms with E-state index in [1.165, 1.54) is 30.8 Å². The standard InChI is InChI=1S/C20H27N5O/c1-24-12-10-21-20(24)9-6-15-5-3-4-11-25(15)14-19-17-13-16(26-2)7-8-18(17)22-23-19/h7-8,10,12-13,15H,3-6,9,11,14H2,1-2H3,(H,22,23)/t15-/m0/s1. The summed E-state index contributed by atoms with van der Waals surface area (Å²) in [7, 11) is 3.78. The van der Waals surface area contributed by atoms with Gasteiger partial charge in [0, 0.05) is 43.8 Å². The number of likely N-dealkylation sites (tertiary alicyclic amines) is 1. The summed E-state index contributed by atoms with van der Waals surface area (Å²) in [5.74, 6) is 2.05. The predicted octanol–water partition coefficient (Wildman–Crippen LogP) is 3.29. The summed E-state index contributed by atoms with van der Waals surface area (Å²) in [5.41, 5.74) is 2.19. The number of nitrogens with zero attached hydrogens (tertiary/aromatic N) is 4. The monoisotopic (exact) mass is 353 g/mol. The summed E-state index contributed by atoms with van der Waals surface area (Å²) in [6.07, 6.45) is 9.95. The molecule has 4 rings (SSSR count). The van der Waals surface area contributed by atoms with E-state index >= 15 is 0 Å². The number of hydrogen-bond acceptors (Lipinski definition) is 4. The number of imidazole rings is 1. The molecular weight excluding hydrogens is 326 g/mol. The Hall–Kier alpha value is -2.34. The number of benzene rings is 1. The van der Waals surface area contributed by atoms with Gasteiger partial charge in [-0.25, -0.2) is 4.98 Å². The van der Waals surface area contributed by atoms with Crippen molar-refractivity contribution in [2.45, 2.75) is 44.7 Å². The average Bonchev–Trinajstić information content (AvgIpc) is 3.26. The summed E-state index contributed by atoms with van der Waals surface area (Å²) in [5, 5.41) is 8.87. The fourth-order valence-electron chi connectivity index (χ4n) is 4.02. The molecule has 0 spiro atoms. The van der Waals surface area contributed by atoms with Crippen molar-refractivity contribution in [3.8, 4) is 5.75 Å². The third kappa shape index (κ3) is 3.46. The molecule has 0 saturated carbocycles. The lowest BCUT2D eigenvalue weighted by Gasteiger charge is -2.35. The van der Waals surface area contributed by atoms with Crippen LogP contribution in [-0.2, 0) is 20.0 Å². The number of aromatic nitrogens is 4. The van der Waals surface area contributed by atoms with Gasteiger partial charge in [-0.15, -0.1) is 0 Å². The molecule has 6 heteroatoms. The van der Waals surface area contributed by atoms with Crippen molar-refractivity contribution in [3.63, 3.8) is 0 Å². The van der Waals surface area contributed by atoms with Crippen molar-refractivity contribution in [2.75, 3.05) is 13.7 Å². The number of nitrogens with one attached hydrogen (secondary N) is 1. The van der Waals surface area contributed by atoms with E-state index in [4.69, 9.17) is 4.74 Å². The molecule has 138 valence electrons. The van der Waals surface area contributed by atoms with Crippen LogP contribution in [0.3, 0.4) is 0 Å². The number of aromatic amines is 1. The van der Waals surface area contributed by atoms with Gasteiger partial charge in [-0.05, 0) is 44.0 Å². The zero-order chi connectivity index (χ0) is 17.9. The Bertz CT molecular complexity index is 868. The lowest BCUT2D eigenvalue weighted by Crippen LogP contribution is -2.39. The van der Waals surface area contributed by atoms with E-state index in [9.17, 15) is 0 Å². The maximum absolute atomic E-state index is 5.38. The summed E-state index contributed by atoms with van der Waals surface area (Å²) >= 11 is 0. The molecule has 1 atom stereocenters. The Balaban J connectivity index is 1.49. The van der Waals surface area contributed by atoms with E-state index in [1.54, 1.807) is 7.11 Å². The van der Waals surface area contributed by atoms with Crippen LogP contribution in [0.1, 0.15) is 37.2 Å². The van der Waals surface area contributed by atoms with Crippen molar-refractivity contribution in [3.05, 3.63) is 42.1 Å². The maximum atomic E-state index is 5.38. The highest BCUT2D eigenvalue weighted by molar-refractivity contribution is 5.82. The molecule has 1 fully saturated rings. The summed E-state index contributed by atoms with van der Waals surface area (Å²) in [6, 6.07) is 6.66. The minimum absolute atomic E-state index is 0.601. The molecule has 2 aromatic heterocycles. The second kappa shape index (κ2) is 7.50. The summed E-state index contributed by atoms with van der Waals surface area (Å²) in [6.45, 7) is 2.06. The minimum Gasteiger partial charge on any atom is -0.497 e. The number of hydrogen-bond donors (Lipinski definition) is 1. The van der Waals surface area contributed by atoms with Crippen LogP contribution in [0.4, 0.5) is 0 Å². The third-order valence-corrected chi connectivity index (χ3v) is 5.57. The van der Waals surface area contributed by atoms with Gasteiger partial charge in [-0.2, -0.15) is 5.10 Å². The predicted molar refractivity (Wildman–Crippen MR) is 102 cm³/mol. The molecule has 3 heterocycles. The molecule has 1 N–H and O–H groups in total.